The zero-order valence-electron chi connectivity index (χ0n) is 11.0. The van der Waals surface area contributed by atoms with Crippen LogP contribution in [-0.2, 0) is 0 Å². The summed E-state index contributed by atoms with van der Waals surface area (Å²) in [5.74, 6) is 0.267. The van der Waals surface area contributed by atoms with Gasteiger partial charge in [-0.3, -0.25) is 0 Å². The van der Waals surface area contributed by atoms with Crippen LogP contribution >= 0.6 is 0 Å². The number of hydrogen-bond acceptors (Lipinski definition) is 3. The molecule has 1 saturated carbocycles. The van der Waals surface area contributed by atoms with Crippen LogP contribution < -0.4 is 5.32 Å². The molecule has 1 aliphatic heterocycles. The fraction of sp³-hybridized carbons (Fsp3) is 0.929. The number of likely N-dealkylation sites (tertiary alicyclic amines) is 1. The number of hydrogen-bond donors (Lipinski definition) is 1. The predicted octanol–water partition coefficient (Wildman–Crippen LogP) is 2.14. The van der Waals surface area contributed by atoms with E-state index < -0.39 is 0 Å². The molecule has 0 amide bonds. The summed E-state index contributed by atoms with van der Waals surface area (Å²) in [4.78, 5) is 2.56. The highest BCUT2D eigenvalue weighted by molar-refractivity contribution is 4.98. The molecule has 1 aliphatic carbocycles. The van der Waals surface area contributed by atoms with Gasteiger partial charge in [0.05, 0.1) is 12.0 Å². The number of nitrogens with zero attached hydrogens (tertiary/aromatic N) is 2. The van der Waals surface area contributed by atoms with Crippen molar-refractivity contribution < 1.29 is 0 Å². The van der Waals surface area contributed by atoms with Gasteiger partial charge in [-0.05, 0) is 51.7 Å². The maximum atomic E-state index is 9.08. The van der Waals surface area contributed by atoms with Crippen molar-refractivity contribution in [3.05, 3.63) is 0 Å². The van der Waals surface area contributed by atoms with Crippen LogP contribution in [0.25, 0.3) is 0 Å². The molecule has 1 saturated heterocycles. The Hall–Kier alpha value is -0.590. The minimum Gasteiger partial charge on any atom is -0.310 e. The summed E-state index contributed by atoms with van der Waals surface area (Å²) in [6.07, 6.45) is 7.31. The zero-order valence-corrected chi connectivity index (χ0v) is 11.0. The highest BCUT2D eigenvalue weighted by atomic mass is 15.1. The maximum absolute atomic E-state index is 9.08. The van der Waals surface area contributed by atoms with Crippen molar-refractivity contribution >= 4 is 0 Å². The van der Waals surface area contributed by atoms with Crippen LogP contribution in [0.4, 0.5) is 0 Å². The molecule has 17 heavy (non-hydrogen) atoms. The average Bonchev–Trinajstić information content (AvgIpc) is 2.79. The zero-order chi connectivity index (χ0) is 12.1. The minimum absolute atomic E-state index is 0.267. The Kier molecular flexibility index (Phi) is 4.82. The summed E-state index contributed by atoms with van der Waals surface area (Å²) in [7, 11) is 0. The van der Waals surface area contributed by atoms with Gasteiger partial charge in [-0.1, -0.05) is 13.3 Å². The molecule has 96 valence electrons. The van der Waals surface area contributed by atoms with Gasteiger partial charge in [-0.15, -0.1) is 0 Å². The van der Waals surface area contributed by atoms with E-state index in [2.05, 4.69) is 23.2 Å². The fourth-order valence-electron chi connectivity index (χ4n) is 3.26. The summed E-state index contributed by atoms with van der Waals surface area (Å²) in [6.45, 7) is 5.96. The lowest BCUT2D eigenvalue weighted by atomic mass is 10.00. The predicted molar refractivity (Wildman–Crippen MR) is 69.6 cm³/mol. The van der Waals surface area contributed by atoms with Gasteiger partial charge >= 0.3 is 0 Å². The van der Waals surface area contributed by atoms with E-state index in [9.17, 15) is 0 Å². The van der Waals surface area contributed by atoms with Gasteiger partial charge in [-0.25, -0.2) is 0 Å². The number of nitrogens with one attached hydrogen (secondary N) is 1. The Bertz CT molecular complexity index is 263. The second kappa shape index (κ2) is 6.37. The quantitative estimate of drug-likeness (QED) is 0.811. The van der Waals surface area contributed by atoms with Gasteiger partial charge in [0.1, 0.15) is 0 Å². The SMILES string of the molecule is CCCN1CCC(NC2CCCC2C#N)CC1. The normalized spacial score (nSPS) is 31.5. The molecule has 2 unspecified atom stereocenters. The van der Waals surface area contributed by atoms with E-state index in [1.54, 1.807) is 0 Å². The van der Waals surface area contributed by atoms with Crippen molar-refractivity contribution in [2.75, 3.05) is 19.6 Å². The third kappa shape index (κ3) is 3.43. The molecule has 0 aromatic heterocycles. The van der Waals surface area contributed by atoms with Crippen LogP contribution in [0.2, 0.25) is 0 Å². The molecule has 3 heteroatoms. The van der Waals surface area contributed by atoms with E-state index in [0.717, 1.165) is 6.42 Å². The molecule has 0 bridgehead atoms. The van der Waals surface area contributed by atoms with Crippen molar-refractivity contribution in [3.8, 4) is 6.07 Å². The summed E-state index contributed by atoms with van der Waals surface area (Å²) in [5, 5.41) is 12.8. The first-order valence-corrected chi connectivity index (χ1v) is 7.21. The molecule has 0 radical (unpaired) electrons. The Balaban J connectivity index is 1.73. The van der Waals surface area contributed by atoms with Gasteiger partial charge < -0.3 is 10.2 Å². The Morgan fingerprint density at radius 2 is 2.00 bits per heavy atom. The molecule has 2 fully saturated rings. The molecule has 0 aromatic carbocycles. The Labute approximate surface area is 105 Å². The van der Waals surface area contributed by atoms with Gasteiger partial charge in [0, 0.05) is 12.1 Å². The molecule has 2 atom stereocenters. The molecule has 1 heterocycles. The topological polar surface area (TPSA) is 39.1 Å². The standard InChI is InChI=1S/C14H25N3/c1-2-8-17-9-6-13(7-10-17)16-14-5-3-4-12(14)11-15/h12-14,16H,2-10H2,1H3. The van der Waals surface area contributed by atoms with E-state index in [0.29, 0.717) is 12.1 Å². The maximum Gasteiger partial charge on any atom is 0.0672 e. The molecular formula is C14H25N3. The molecule has 3 nitrogen and oxygen atoms in total. The smallest absolute Gasteiger partial charge is 0.0672 e. The first-order chi connectivity index (χ1) is 8.33. The second-order valence-electron chi connectivity index (χ2n) is 5.56. The lowest BCUT2D eigenvalue weighted by molar-refractivity contribution is 0.188. The Morgan fingerprint density at radius 1 is 1.24 bits per heavy atom. The summed E-state index contributed by atoms with van der Waals surface area (Å²) < 4.78 is 0. The van der Waals surface area contributed by atoms with Gasteiger partial charge in [0.25, 0.3) is 0 Å². The van der Waals surface area contributed by atoms with Crippen LogP contribution in [0.15, 0.2) is 0 Å². The average molecular weight is 235 g/mol. The molecule has 1 N–H and O–H groups in total. The van der Waals surface area contributed by atoms with E-state index >= 15 is 0 Å². The summed E-state index contributed by atoms with van der Waals surface area (Å²) in [6, 6.07) is 3.59. The monoisotopic (exact) mass is 235 g/mol. The minimum atomic E-state index is 0.267. The molecule has 0 aromatic rings. The Morgan fingerprint density at radius 3 is 2.65 bits per heavy atom. The van der Waals surface area contributed by atoms with Gasteiger partial charge in [0.15, 0.2) is 0 Å². The first kappa shape index (κ1) is 12.9. The van der Waals surface area contributed by atoms with Crippen LogP contribution in [-0.4, -0.2) is 36.6 Å². The second-order valence-corrected chi connectivity index (χ2v) is 5.56. The third-order valence-electron chi connectivity index (χ3n) is 4.26. The first-order valence-electron chi connectivity index (χ1n) is 7.21. The fourth-order valence-corrected chi connectivity index (χ4v) is 3.26. The van der Waals surface area contributed by atoms with Gasteiger partial charge in [0.2, 0.25) is 0 Å². The van der Waals surface area contributed by atoms with E-state index in [1.165, 1.54) is 51.7 Å². The molecule has 2 rings (SSSR count). The largest absolute Gasteiger partial charge is 0.310 e. The molecule has 0 spiro atoms. The summed E-state index contributed by atoms with van der Waals surface area (Å²) >= 11 is 0. The van der Waals surface area contributed by atoms with Crippen LogP contribution in [0.3, 0.4) is 0 Å². The van der Waals surface area contributed by atoms with E-state index in [4.69, 9.17) is 5.26 Å². The van der Waals surface area contributed by atoms with Crippen LogP contribution in [0.5, 0.6) is 0 Å². The van der Waals surface area contributed by atoms with E-state index in [1.807, 2.05) is 0 Å². The lowest BCUT2D eigenvalue weighted by Crippen LogP contribution is -2.47. The summed E-state index contributed by atoms with van der Waals surface area (Å²) in [5.41, 5.74) is 0. The molecular weight excluding hydrogens is 210 g/mol. The van der Waals surface area contributed by atoms with Crippen molar-refractivity contribution in [1.82, 2.24) is 10.2 Å². The van der Waals surface area contributed by atoms with Crippen LogP contribution in [0, 0.1) is 17.2 Å². The number of nitriles is 1. The van der Waals surface area contributed by atoms with Gasteiger partial charge in [-0.2, -0.15) is 5.26 Å². The highest BCUT2D eigenvalue weighted by Gasteiger charge is 2.29. The van der Waals surface area contributed by atoms with E-state index in [-0.39, 0.29) is 5.92 Å². The van der Waals surface area contributed by atoms with Crippen molar-refractivity contribution in [2.45, 2.75) is 57.5 Å². The van der Waals surface area contributed by atoms with Crippen molar-refractivity contribution in [3.63, 3.8) is 0 Å². The third-order valence-corrected chi connectivity index (χ3v) is 4.26. The lowest BCUT2D eigenvalue weighted by Gasteiger charge is -2.34. The number of rotatable bonds is 4. The highest BCUT2D eigenvalue weighted by Crippen LogP contribution is 2.26. The van der Waals surface area contributed by atoms with Crippen molar-refractivity contribution in [2.24, 2.45) is 5.92 Å². The number of piperidine rings is 1. The van der Waals surface area contributed by atoms with Crippen LogP contribution in [0.1, 0.15) is 45.4 Å². The van der Waals surface area contributed by atoms with Crippen molar-refractivity contribution in [1.29, 1.82) is 5.26 Å². The molecule has 2 aliphatic rings.